The number of nitrogens with one attached hydrogen (secondary N) is 2. The second-order valence-electron chi connectivity index (χ2n) is 6.01. The average Bonchev–Trinajstić information content (AvgIpc) is 2.64. The van der Waals surface area contributed by atoms with Gasteiger partial charge in [0.1, 0.15) is 11.4 Å². The fourth-order valence-corrected chi connectivity index (χ4v) is 2.76. The molecule has 0 unspecified atom stereocenters. The zero-order chi connectivity index (χ0) is 19.4. The largest absolute Gasteiger partial charge is 0.495 e. The second-order valence-corrected chi connectivity index (χ2v) is 6.44. The van der Waals surface area contributed by atoms with Gasteiger partial charge in [-0.25, -0.2) is 9.97 Å². The van der Waals surface area contributed by atoms with Gasteiger partial charge in [0.15, 0.2) is 0 Å². The minimum atomic E-state index is -0.314. The van der Waals surface area contributed by atoms with Gasteiger partial charge in [0, 0.05) is 16.9 Å². The lowest BCUT2D eigenvalue weighted by atomic mass is 10.1. The van der Waals surface area contributed by atoms with E-state index in [4.69, 9.17) is 16.3 Å². The van der Waals surface area contributed by atoms with E-state index in [9.17, 15) is 4.79 Å². The molecule has 0 aliphatic carbocycles. The molecule has 0 saturated heterocycles. The van der Waals surface area contributed by atoms with E-state index in [-0.39, 0.29) is 17.5 Å². The van der Waals surface area contributed by atoms with Gasteiger partial charge in [-0.1, -0.05) is 29.3 Å². The lowest BCUT2D eigenvalue weighted by molar-refractivity contribution is 0.102. The summed E-state index contributed by atoms with van der Waals surface area (Å²) in [6.07, 6.45) is 1.52. The SMILES string of the molecule is COc1ccc(Cl)cc1Nc1nccc(C(=O)Nc2ccc(C)cc2C)n1. The zero-order valence-electron chi connectivity index (χ0n) is 15.2. The number of rotatable bonds is 5. The number of anilines is 3. The van der Waals surface area contributed by atoms with Crippen molar-refractivity contribution in [3.8, 4) is 5.75 Å². The van der Waals surface area contributed by atoms with Crippen molar-refractivity contribution in [2.24, 2.45) is 0 Å². The molecule has 3 aromatic rings. The van der Waals surface area contributed by atoms with Crippen molar-refractivity contribution in [3.63, 3.8) is 0 Å². The minimum absolute atomic E-state index is 0.244. The van der Waals surface area contributed by atoms with E-state index in [1.165, 1.54) is 6.20 Å². The summed E-state index contributed by atoms with van der Waals surface area (Å²) in [6, 6.07) is 12.5. The fourth-order valence-electron chi connectivity index (χ4n) is 2.58. The number of carbonyl (C=O) groups is 1. The van der Waals surface area contributed by atoms with Crippen LogP contribution in [0, 0.1) is 13.8 Å². The summed E-state index contributed by atoms with van der Waals surface area (Å²) in [5.74, 6) is 0.544. The zero-order valence-corrected chi connectivity index (χ0v) is 16.0. The van der Waals surface area contributed by atoms with Crippen molar-refractivity contribution in [2.75, 3.05) is 17.7 Å². The molecule has 1 amide bonds. The summed E-state index contributed by atoms with van der Waals surface area (Å²) in [4.78, 5) is 21.0. The highest BCUT2D eigenvalue weighted by molar-refractivity contribution is 6.31. The standard InChI is InChI=1S/C20H19ClN4O2/c1-12-4-6-15(13(2)10-12)23-19(26)16-8-9-22-20(24-16)25-17-11-14(21)5-7-18(17)27-3/h4-11H,1-3H3,(H,23,26)(H,22,24,25). The third-order valence-electron chi connectivity index (χ3n) is 3.93. The number of aromatic nitrogens is 2. The van der Waals surface area contributed by atoms with Gasteiger partial charge in [-0.05, 0) is 49.7 Å². The monoisotopic (exact) mass is 382 g/mol. The van der Waals surface area contributed by atoms with Crippen molar-refractivity contribution >= 4 is 34.8 Å². The molecule has 0 spiro atoms. The predicted octanol–water partition coefficient (Wildman–Crippen LogP) is 4.75. The van der Waals surface area contributed by atoms with Gasteiger partial charge in [0.2, 0.25) is 5.95 Å². The highest BCUT2D eigenvalue weighted by Crippen LogP contribution is 2.29. The number of nitrogens with zero attached hydrogens (tertiary/aromatic N) is 2. The Labute approximate surface area is 162 Å². The minimum Gasteiger partial charge on any atom is -0.495 e. The number of ether oxygens (including phenoxy) is 1. The van der Waals surface area contributed by atoms with Crippen LogP contribution in [-0.4, -0.2) is 23.0 Å². The molecule has 3 rings (SSSR count). The maximum absolute atomic E-state index is 12.6. The smallest absolute Gasteiger partial charge is 0.274 e. The van der Waals surface area contributed by atoms with Crippen LogP contribution in [0.2, 0.25) is 5.02 Å². The molecular formula is C20H19ClN4O2. The van der Waals surface area contributed by atoms with Crippen LogP contribution in [0.25, 0.3) is 0 Å². The maximum atomic E-state index is 12.6. The van der Waals surface area contributed by atoms with E-state index in [1.807, 2.05) is 32.0 Å². The Hall–Kier alpha value is -3.12. The summed E-state index contributed by atoms with van der Waals surface area (Å²) in [5.41, 5.74) is 3.72. The summed E-state index contributed by atoms with van der Waals surface area (Å²) < 4.78 is 5.30. The van der Waals surface area contributed by atoms with E-state index in [2.05, 4.69) is 20.6 Å². The molecule has 1 heterocycles. The van der Waals surface area contributed by atoms with Crippen molar-refractivity contribution in [1.29, 1.82) is 0 Å². The number of carbonyl (C=O) groups excluding carboxylic acids is 1. The molecule has 2 N–H and O–H groups in total. The van der Waals surface area contributed by atoms with E-state index < -0.39 is 0 Å². The number of halogens is 1. The third kappa shape index (κ3) is 4.54. The first-order valence-electron chi connectivity index (χ1n) is 8.28. The van der Waals surface area contributed by atoms with Crippen molar-refractivity contribution in [2.45, 2.75) is 13.8 Å². The van der Waals surface area contributed by atoms with Crippen molar-refractivity contribution < 1.29 is 9.53 Å². The van der Waals surface area contributed by atoms with E-state index >= 15 is 0 Å². The van der Waals surface area contributed by atoms with Gasteiger partial charge in [-0.2, -0.15) is 0 Å². The van der Waals surface area contributed by atoms with E-state index in [1.54, 1.807) is 31.4 Å². The number of amides is 1. The summed E-state index contributed by atoms with van der Waals surface area (Å²) in [7, 11) is 1.56. The molecule has 0 bridgehead atoms. The van der Waals surface area contributed by atoms with Gasteiger partial charge in [-0.15, -0.1) is 0 Å². The van der Waals surface area contributed by atoms with Crippen molar-refractivity contribution in [3.05, 3.63) is 70.5 Å². The number of aryl methyl sites for hydroxylation is 2. The topological polar surface area (TPSA) is 76.1 Å². The van der Waals surface area contributed by atoms with Gasteiger partial charge in [0.25, 0.3) is 5.91 Å². The van der Waals surface area contributed by atoms with Gasteiger partial charge < -0.3 is 15.4 Å². The molecule has 6 nitrogen and oxygen atoms in total. The van der Waals surface area contributed by atoms with Gasteiger partial charge >= 0.3 is 0 Å². The second kappa shape index (κ2) is 8.05. The molecular weight excluding hydrogens is 364 g/mol. The molecule has 0 fully saturated rings. The molecule has 0 aliphatic rings. The van der Waals surface area contributed by atoms with Crippen molar-refractivity contribution in [1.82, 2.24) is 9.97 Å². The average molecular weight is 383 g/mol. The first-order chi connectivity index (χ1) is 13.0. The molecule has 138 valence electrons. The Bertz CT molecular complexity index is 991. The number of hydrogen-bond acceptors (Lipinski definition) is 5. The van der Waals surface area contributed by atoms with E-state index in [0.717, 1.165) is 16.8 Å². The van der Waals surface area contributed by atoms with Crippen LogP contribution in [0.15, 0.2) is 48.7 Å². The molecule has 0 atom stereocenters. The quantitative estimate of drug-likeness (QED) is 0.665. The molecule has 27 heavy (non-hydrogen) atoms. The highest BCUT2D eigenvalue weighted by atomic mass is 35.5. The van der Waals surface area contributed by atoms with Gasteiger partial charge in [-0.3, -0.25) is 4.79 Å². The molecule has 2 aromatic carbocycles. The Balaban J connectivity index is 1.81. The van der Waals surface area contributed by atoms with Crippen LogP contribution < -0.4 is 15.4 Å². The highest BCUT2D eigenvalue weighted by Gasteiger charge is 2.12. The van der Waals surface area contributed by atoms with Crippen LogP contribution in [0.5, 0.6) is 5.75 Å². The Kier molecular flexibility index (Phi) is 5.57. The lowest BCUT2D eigenvalue weighted by Crippen LogP contribution is -2.15. The van der Waals surface area contributed by atoms with Crippen LogP contribution in [0.1, 0.15) is 21.6 Å². The van der Waals surface area contributed by atoms with Crippen LogP contribution in [0.3, 0.4) is 0 Å². The number of methoxy groups -OCH3 is 1. The molecule has 0 radical (unpaired) electrons. The third-order valence-corrected chi connectivity index (χ3v) is 4.16. The number of hydrogen-bond donors (Lipinski definition) is 2. The molecule has 7 heteroatoms. The fraction of sp³-hybridized carbons (Fsp3) is 0.150. The lowest BCUT2D eigenvalue weighted by Gasteiger charge is -2.11. The predicted molar refractivity (Wildman–Crippen MR) is 107 cm³/mol. The van der Waals surface area contributed by atoms with Crippen LogP contribution in [0.4, 0.5) is 17.3 Å². The van der Waals surface area contributed by atoms with Crippen LogP contribution >= 0.6 is 11.6 Å². The number of benzene rings is 2. The Morgan fingerprint density at radius 2 is 1.89 bits per heavy atom. The maximum Gasteiger partial charge on any atom is 0.274 e. The Morgan fingerprint density at radius 1 is 1.07 bits per heavy atom. The summed E-state index contributed by atoms with van der Waals surface area (Å²) >= 11 is 6.04. The molecule has 0 saturated carbocycles. The first kappa shape index (κ1) is 18.7. The van der Waals surface area contributed by atoms with Crippen LogP contribution in [-0.2, 0) is 0 Å². The summed E-state index contributed by atoms with van der Waals surface area (Å²) in [6.45, 7) is 3.95. The summed E-state index contributed by atoms with van der Waals surface area (Å²) in [5, 5.41) is 6.45. The molecule has 1 aromatic heterocycles. The van der Waals surface area contributed by atoms with Gasteiger partial charge in [0.05, 0.1) is 12.8 Å². The Morgan fingerprint density at radius 3 is 2.63 bits per heavy atom. The molecule has 0 aliphatic heterocycles. The normalized spacial score (nSPS) is 10.4. The van der Waals surface area contributed by atoms with E-state index in [0.29, 0.717) is 16.5 Å². The first-order valence-corrected chi connectivity index (χ1v) is 8.66.